The lowest BCUT2D eigenvalue weighted by Gasteiger charge is -2.17. The van der Waals surface area contributed by atoms with E-state index in [0.717, 1.165) is 61.9 Å². The van der Waals surface area contributed by atoms with Gasteiger partial charge in [0.25, 0.3) is 0 Å². The smallest absolute Gasteiger partial charge is 0.226 e. The van der Waals surface area contributed by atoms with Crippen molar-refractivity contribution in [1.29, 1.82) is 0 Å². The van der Waals surface area contributed by atoms with Gasteiger partial charge >= 0.3 is 0 Å². The van der Waals surface area contributed by atoms with Crippen LogP contribution < -0.4 is 15.4 Å². The van der Waals surface area contributed by atoms with Gasteiger partial charge < -0.3 is 24.6 Å². The van der Waals surface area contributed by atoms with Crippen LogP contribution in [0.5, 0.6) is 5.75 Å². The first-order valence-corrected chi connectivity index (χ1v) is 11.2. The highest BCUT2D eigenvalue weighted by Crippen LogP contribution is 2.22. The van der Waals surface area contributed by atoms with Gasteiger partial charge in [0.1, 0.15) is 12.4 Å². The van der Waals surface area contributed by atoms with Crippen LogP contribution in [0.1, 0.15) is 61.9 Å². The molecule has 2 N–H and O–H groups in total. The lowest BCUT2D eigenvalue weighted by Crippen LogP contribution is -2.37. The van der Waals surface area contributed by atoms with E-state index in [0.29, 0.717) is 19.0 Å². The average molecular weight is 430 g/mol. The molecule has 1 aliphatic rings. The van der Waals surface area contributed by atoms with Gasteiger partial charge in [0.2, 0.25) is 5.89 Å². The third kappa shape index (κ3) is 7.24. The number of benzene rings is 1. The number of guanidine groups is 1. The van der Waals surface area contributed by atoms with Crippen LogP contribution in [0.15, 0.2) is 27.7 Å². The molecule has 0 bridgehead atoms. The number of aliphatic imine (C=N–C) groups is 1. The molecule has 1 aliphatic heterocycles. The highest BCUT2D eigenvalue weighted by Gasteiger charge is 2.17. The molecule has 0 spiro atoms. The maximum Gasteiger partial charge on any atom is 0.226 e. The first kappa shape index (κ1) is 23.1. The van der Waals surface area contributed by atoms with Crippen LogP contribution >= 0.6 is 0 Å². The van der Waals surface area contributed by atoms with Gasteiger partial charge in [-0.25, -0.2) is 0 Å². The lowest BCUT2D eigenvalue weighted by molar-refractivity contribution is 0.0676. The monoisotopic (exact) mass is 429 g/mol. The second-order valence-corrected chi connectivity index (χ2v) is 8.21. The topological polar surface area (TPSA) is 93.8 Å². The second-order valence-electron chi connectivity index (χ2n) is 8.21. The quantitative estimate of drug-likeness (QED) is 0.340. The zero-order valence-corrected chi connectivity index (χ0v) is 19.1. The van der Waals surface area contributed by atoms with E-state index in [-0.39, 0.29) is 12.0 Å². The Morgan fingerprint density at radius 1 is 1.32 bits per heavy atom. The van der Waals surface area contributed by atoms with Gasteiger partial charge in [-0.1, -0.05) is 31.1 Å². The van der Waals surface area contributed by atoms with Crippen molar-refractivity contribution in [1.82, 2.24) is 20.8 Å². The number of hydrogen-bond acceptors (Lipinski definition) is 6. The van der Waals surface area contributed by atoms with E-state index in [1.807, 2.05) is 0 Å². The predicted molar refractivity (Wildman–Crippen MR) is 121 cm³/mol. The second kappa shape index (κ2) is 11.7. The molecule has 1 fully saturated rings. The Balaban J connectivity index is 1.44. The molecule has 0 amide bonds. The Morgan fingerprint density at radius 3 is 2.90 bits per heavy atom. The molecule has 2 heterocycles. The summed E-state index contributed by atoms with van der Waals surface area (Å²) >= 11 is 0. The Hall–Kier alpha value is -2.61. The van der Waals surface area contributed by atoms with Crippen molar-refractivity contribution in [3.63, 3.8) is 0 Å². The first-order chi connectivity index (χ1) is 15.0. The van der Waals surface area contributed by atoms with Crippen LogP contribution in [0, 0.1) is 6.92 Å². The highest BCUT2D eigenvalue weighted by atomic mass is 16.5. The van der Waals surface area contributed by atoms with E-state index in [9.17, 15) is 0 Å². The van der Waals surface area contributed by atoms with Crippen molar-refractivity contribution in [2.45, 2.75) is 65.0 Å². The zero-order valence-electron chi connectivity index (χ0n) is 19.1. The number of rotatable bonds is 10. The van der Waals surface area contributed by atoms with E-state index in [4.69, 9.17) is 14.0 Å². The largest absolute Gasteiger partial charge is 0.491 e. The van der Waals surface area contributed by atoms with Gasteiger partial charge in [0.15, 0.2) is 11.8 Å². The molecule has 1 unspecified atom stereocenters. The van der Waals surface area contributed by atoms with Crippen molar-refractivity contribution in [3.8, 4) is 5.75 Å². The molecule has 170 valence electrons. The summed E-state index contributed by atoms with van der Waals surface area (Å²) in [6.45, 7) is 9.00. The normalized spacial score (nSPS) is 16.7. The van der Waals surface area contributed by atoms with Crippen LogP contribution in [-0.4, -0.2) is 49.0 Å². The van der Waals surface area contributed by atoms with Crippen molar-refractivity contribution < 1.29 is 14.0 Å². The third-order valence-corrected chi connectivity index (χ3v) is 5.20. The predicted octanol–water partition coefficient (Wildman–Crippen LogP) is 3.36. The Labute approximate surface area is 184 Å². The number of hydrogen-bond donors (Lipinski definition) is 2. The summed E-state index contributed by atoms with van der Waals surface area (Å²) < 4.78 is 17.1. The van der Waals surface area contributed by atoms with Gasteiger partial charge in [-0.15, -0.1) is 0 Å². The maximum absolute atomic E-state index is 6.09. The minimum absolute atomic E-state index is 0.200. The lowest BCUT2D eigenvalue weighted by atomic mass is 10.1. The molecule has 1 aromatic heterocycles. The summed E-state index contributed by atoms with van der Waals surface area (Å²) in [5.41, 5.74) is 2.27. The van der Waals surface area contributed by atoms with Crippen LogP contribution in [0.4, 0.5) is 0 Å². The number of nitrogens with one attached hydrogen (secondary N) is 2. The van der Waals surface area contributed by atoms with Crippen molar-refractivity contribution >= 4 is 5.96 Å². The van der Waals surface area contributed by atoms with Crippen LogP contribution in [0.25, 0.3) is 0 Å². The fourth-order valence-electron chi connectivity index (χ4n) is 3.35. The van der Waals surface area contributed by atoms with E-state index >= 15 is 0 Å². The molecule has 2 aromatic rings. The number of ether oxygens (including phenoxy) is 2. The molecule has 1 saturated heterocycles. The Morgan fingerprint density at radius 2 is 2.19 bits per heavy atom. The minimum atomic E-state index is 0.200. The SMILES string of the molecule is CN=C(NCCCc1nc(C(C)C)no1)NCc1ccc(C)cc1OCC1CCCO1. The minimum Gasteiger partial charge on any atom is -0.491 e. The summed E-state index contributed by atoms with van der Waals surface area (Å²) in [6.07, 6.45) is 4.00. The molecule has 1 aromatic carbocycles. The molecule has 8 heteroatoms. The van der Waals surface area contributed by atoms with Gasteiger partial charge in [-0.3, -0.25) is 4.99 Å². The summed E-state index contributed by atoms with van der Waals surface area (Å²) in [7, 11) is 1.77. The fourth-order valence-corrected chi connectivity index (χ4v) is 3.35. The van der Waals surface area contributed by atoms with Crippen molar-refractivity contribution in [2.24, 2.45) is 4.99 Å². The van der Waals surface area contributed by atoms with Crippen LogP contribution in [0.2, 0.25) is 0 Å². The van der Waals surface area contributed by atoms with E-state index in [1.165, 1.54) is 5.56 Å². The van der Waals surface area contributed by atoms with Crippen molar-refractivity contribution in [3.05, 3.63) is 41.0 Å². The van der Waals surface area contributed by atoms with E-state index in [2.05, 4.69) is 64.7 Å². The molecule has 0 saturated carbocycles. The van der Waals surface area contributed by atoms with Crippen LogP contribution in [-0.2, 0) is 17.7 Å². The van der Waals surface area contributed by atoms with Gasteiger partial charge in [0, 0.05) is 44.6 Å². The molecular formula is C23H35N5O3. The standard InChI is InChI=1S/C23H35N5O3/c1-16(2)22-27-21(31-28-22)8-5-11-25-23(24-4)26-14-18-10-9-17(3)13-20(18)30-15-19-7-6-12-29-19/h9-10,13,16,19H,5-8,11-12,14-15H2,1-4H3,(H2,24,25,26). The summed E-state index contributed by atoms with van der Waals surface area (Å²) in [6, 6.07) is 6.28. The number of aromatic nitrogens is 2. The fraction of sp³-hybridized carbons (Fsp3) is 0.609. The first-order valence-electron chi connectivity index (χ1n) is 11.2. The van der Waals surface area contributed by atoms with Gasteiger partial charge in [-0.2, -0.15) is 4.98 Å². The molecular weight excluding hydrogens is 394 g/mol. The molecule has 8 nitrogen and oxygen atoms in total. The van der Waals surface area contributed by atoms with Gasteiger partial charge in [0.05, 0.1) is 6.10 Å². The summed E-state index contributed by atoms with van der Waals surface area (Å²) in [5, 5.41) is 10.7. The average Bonchev–Trinajstić information content (AvgIpc) is 3.45. The van der Waals surface area contributed by atoms with E-state index in [1.54, 1.807) is 7.05 Å². The molecule has 0 radical (unpaired) electrons. The molecule has 3 rings (SSSR count). The zero-order chi connectivity index (χ0) is 22.1. The number of aryl methyl sites for hydroxylation is 2. The Bertz CT molecular complexity index is 843. The molecule has 0 aliphatic carbocycles. The molecule has 1 atom stereocenters. The Kier molecular flexibility index (Phi) is 8.70. The van der Waals surface area contributed by atoms with Gasteiger partial charge in [-0.05, 0) is 37.8 Å². The number of nitrogens with zero attached hydrogens (tertiary/aromatic N) is 3. The highest BCUT2D eigenvalue weighted by molar-refractivity contribution is 5.79. The van der Waals surface area contributed by atoms with Crippen molar-refractivity contribution in [2.75, 3.05) is 26.8 Å². The third-order valence-electron chi connectivity index (χ3n) is 5.20. The maximum atomic E-state index is 6.09. The molecule has 31 heavy (non-hydrogen) atoms. The summed E-state index contributed by atoms with van der Waals surface area (Å²) in [5.74, 6) is 3.37. The summed E-state index contributed by atoms with van der Waals surface area (Å²) in [4.78, 5) is 8.72. The van der Waals surface area contributed by atoms with E-state index < -0.39 is 0 Å². The van der Waals surface area contributed by atoms with Crippen LogP contribution in [0.3, 0.4) is 0 Å².